The van der Waals surface area contributed by atoms with Gasteiger partial charge in [0.05, 0.1) is 13.2 Å². The second-order valence-corrected chi connectivity index (χ2v) is 6.21. The Kier molecular flexibility index (Phi) is 2.69. The fourth-order valence-corrected chi connectivity index (χ4v) is 3.62. The van der Waals surface area contributed by atoms with Gasteiger partial charge in [-0.3, -0.25) is 5.32 Å². The van der Waals surface area contributed by atoms with Gasteiger partial charge in [0.2, 0.25) is 0 Å². The fraction of sp³-hybridized carbons (Fsp3) is 0.400. The second kappa shape index (κ2) is 4.40. The highest BCUT2D eigenvalue weighted by Crippen LogP contribution is 2.39. The molecule has 1 aromatic carbocycles. The molecule has 1 fully saturated rings. The molecule has 1 aromatic heterocycles. The number of hydrogen-bond acceptors (Lipinski definition) is 4. The predicted octanol–water partition coefficient (Wildman–Crippen LogP) is 2.67. The zero-order valence-electron chi connectivity index (χ0n) is 10.6. The summed E-state index contributed by atoms with van der Waals surface area (Å²) in [7, 11) is 0. The third kappa shape index (κ3) is 1.91. The van der Waals surface area contributed by atoms with Crippen molar-refractivity contribution in [3.05, 3.63) is 52.0 Å². The maximum Gasteiger partial charge on any atom is 0.120 e. The standard InChI is InChI=1S/C15H16N2OS/c1-2-4-13-11(3-1)9-18-10-15(13,17-12-5-6-12)14-16-7-8-19-14/h1-4,7-8,12,17H,5-6,9-10H2. The molecule has 2 aliphatic rings. The van der Waals surface area contributed by atoms with Crippen molar-refractivity contribution in [2.45, 2.75) is 31.0 Å². The van der Waals surface area contributed by atoms with E-state index in [1.807, 2.05) is 11.6 Å². The van der Waals surface area contributed by atoms with Crippen molar-refractivity contribution in [1.29, 1.82) is 0 Å². The lowest BCUT2D eigenvalue weighted by molar-refractivity contribution is 0.0515. The Morgan fingerprint density at radius 3 is 3.00 bits per heavy atom. The number of aromatic nitrogens is 1. The molecule has 2 aromatic rings. The van der Waals surface area contributed by atoms with Gasteiger partial charge in [-0.15, -0.1) is 11.3 Å². The summed E-state index contributed by atoms with van der Waals surface area (Å²) in [5.74, 6) is 0. The average Bonchev–Trinajstić information content (AvgIpc) is 3.08. The molecule has 0 radical (unpaired) electrons. The van der Waals surface area contributed by atoms with E-state index < -0.39 is 0 Å². The molecule has 1 N–H and O–H groups in total. The first kappa shape index (κ1) is 11.6. The molecule has 1 unspecified atom stereocenters. The van der Waals surface area contributed by atoms with E-state index in [1.54, 1.807) is 11.3 Å². The number of thiazole rings is 1. The van der Waals surface area contributed by atoms with Crippen LogP contribution in [0.4, 0.5) is 0 Å². The molecule has 0 amide bonds. The Morgan fingerprint density at radius 2 is 2.21 bits per heavy atom. The van der Waals surface area contributed by atoms with Gasteiger partial charge in [0.15, 0.2) is 0 Å². The third-order valence-electron chi connectivity index (χ3n) is 3.88. The predicted molar refractivity (Wildman–Crippen MR) is 75.1 cm³/mol. The first-order valence-electron chi connectivity index (χ1n) is 6.72. The van der Waals surface area contributed by atoms with Crippen molar-refractivity contribution in [3.63, 3.8) is 0 Å². The third-order valence-corrected chi connectivity index (χ3v) is 4.81. The topological polar surface area (TPSA) is 34.1 Å². The quantitative estimate of drug-likeness (QED) is 0.932. The van der Waals surface area contributed by atoms with E-state index in [1.165, 1.54) is 24.0 Å². The first-order valence-corrected chi connectivity index (χ1v) is 7.60. The number of ether oxygens (including phenoxy) is 1. The van der Waals surface area contributed by atoms with Gasteiger partial charge in [-0.1, -0.05) is 24.3 Å². The van der Waals surface area contributed by atoms with E-state index in [0.29, 0.717) is 19.3 Å². The highest BCUT2D eigenvalue weighted by Gasteiger charge is 2.44. The lowest BCUT2D eigenvalue weighted by Gasteiger charge is -2.38. The maximum atomic E-state index is 5.87. The van der Waals surface area contributed by atoms with Gasteiger partial charge in [-0.25, -0.2) is 4.98 Å². The van der Waals surface area contributed by atoms with Crippen LogP contribution in [0.15, 0.2) is 35.8 Å². The van der Waals surface area contributed by atoms with Gasteiger partial charge in [-0.05, 0) is 24.0 Å². The lowest BCUT2D eigenvalue weighted by Crippen LogP contribution is -2.50. The van der Waals surface area contributed by atoms with E-state index in [4.69, 9.17) is 4.74 Å². The largest absolute Gasteiger partial charge is 0.374 e. The minimum Gasteiger partial charge on any atom is -0.374 e. The SMILES string of the molecule is c1ccc2c(c1)COCC2(NC1CC1)c1nccs1. The molecule has 0 bridgehead atoms. The zero-order valence-corrected chi connectivity index (χ0v) is 11.5. The van der Waals surface area contributed by atoms with Crippen molar-refractivity contribution < 1.29 is 4.74 Å². The second-order valence-electron chi connectivity index (χ2n) is 5.31. The molecule has 19 heavy (non-hydrogen) atoms. The summed E-state index contributed by atoms with van der Waals surface area (Å²) in [5, 5.41) is 6.95. The smallest absolute Gasteiger partial charge is 0.120 e. The lowest BCUT2D eigenvalue weighted by atomic mass is 9.85. The molecule has 4 rings (SSSR count). The summed E-state index contributed by atoms with van der Waals surface area (Å²) in [4.78, 5) is 4.57. The Labute approximate surface area is 116 Å². The van der Waals surface area contributed by atoms with Crippen LogP contribution in [0.1, 0.15) is 29.0 Å². The van der Waals surface area contributed by atoms with E-state index >= 15 is 0 Å². The maximum absolute atomic E-state index is 5.87. The average molecular weight is 272 g/mol. The normalized spacial score (nSPS) is 26.1. The van der Waals surface area contributed by atoms with Crippen LogP contribution in [0.5, 0.6) is 0 Å². The molecular weight excluding hydrogens is 256 g/mol. The first-order chi connectivity index (χ1) is 9.38. The summed E-state index contributed by atoms with van der Waals surface area (Å²) >= 11 is 1.71. The van der Waals surface area contributed by atoms with E-state index in [-0.39, 0.29) is 5.54 Å². The van der Waals surface area contributed by atoms with Crippen LogP contribution in [0, 0.1) is 0 Å². The molecule has 2 heterocycles. The number of hydrogen-bond donors (Lipinski definition) is 1. The Balaban J connectivity index is 1.87. The van der Waals surface area contributed by atoms with Crippen molar-refractivity contribution in [2.75, 3.05) is 6.61 Å². The van der Waals surface area contributed by atoms with Gasteiger partial charge in [-0.2, -0.15) is 0 Å². The van der Waals surface area contributed by atoms with Crippen LogP contribution in [-0.2, 0) is 16.9 Å². The molecule has 1 aliphatic carbocycles. The molecule has 1 atom stereocenters. The Bertz CT molecular complexity index is 580. The molecular formula is C15H16N2OS. The molecule has 0 spiro atoms. The molecule has 0 saturated heterocycles. The van der Waals surface area contributed by atoms with Crippen molar-refractivity contribution >= 4 is 11.3 Å². The van der Waals surface area contributed by atoms with E-state index in [0.717, 1.165) is 5.01 Å². The van der Waals surface area contributed by atoms with Crippen LogP contribution < -0.4 is 5.32 Å². The molecule has 3 nitrogen and oxygen atoms in total. The number of fused-ring (bicyclic) bond motifs is 1. The minimum atomic E-state index is -0.246. The Morgan fingerprint density at radius 1 is 1.32 bits per heavy atom. The molecule has 98 valence electrons. The summed E-state index contributed by atoms with van der Waals surface area (Å²) in [6.45, 7) is 1.38. The number of rotatable bonds is 3. The fourth-order valence-electron chi connectivity index (χ4n) is 2.82. The van der Waals surface area contributed by atoms with Crippen molar-refractivity contribution in [2.24, 2.45) is 0 Å². The molecule has 1 aliphatic heterocycles. The zero-order chi connectivity index (χ0) is 12.7. The van der Waals surface area contributed by atoms with E-state index in [9.17, 15) is 0 Å². The van der Waals surface area contributed by atoms with Crippen molar-refractivity contribution in [1.82, 2.24) is 10.3 Å². The summed E-state index contributed by atoms with van der Waals surface area (Å²) < 4.78 is 5.87. The van der Waals surface area contributed by atoms with Crippen LogP contribution >= 0.6 is 11.3 Å². The highest BCUT2D eigenvalue weighted by molar-refractivity contribution is 7.09. The van der Waals surface area contributed by atoms with E-state index in [2.05, 4.69) is 34.6 Å². The van der Waals surface area contributed by atoms with Gasteiger partial charge in [0.25, 0.3) is 0 Å². The van der Waals surface area contributed by atoms with Gasteiger partial charge in [0, 0.05) is 17.6 Å². The number of benzene rings is 1. The molecule has 1 saturated carbocycles. The van der Waals surface area contributed by atoms with Gasteiger partial charge >= 0.3 is 0 Å². The number of nitrogens with zero attached hydrogens (tertiary/aromatic N) is 1. The summed E-state index contributed by atoms with van der Waals surface area (Å²) in [5.41, 5.74) is 2.37. The molecule has 4 heteroatoms. The van der Waals surface area contributed by atoms with Gasteiger partial charge in [0.1, 0.15) is 10.5 Å². The van der Waals surface area contributed by atoms with Crippen LogP contribution in [0.2, 0.25) is 0 Å². The van der Waals surface area contributed by atoms with Crippen LogP contribution in [0.25, 0.3) is 0 Å². The monoisotopic (exact) mass is 272 g/mol. The number of nitrogens with one attached hydrogen (secondary N) is 1. The van der Waals surface area contributed by atoms with Crippen LogP contribution in [-0.4, -0.2) is 17.6 Å². The van der Waals surface area contributed by atoms with Gasteiger partial charge < -0.3 is 4.74 Å². The summed E-state index contributed by atoms with van der Waals surface area (Å²) in [6.07, 6.45) is 4.40. The van der Waals surface area contributed by atoms with Crippen molar-refractivity contribution in [3.8, 4) is 0 Å². The summed E-state index contributed by atoms with van der Waals surface area (Å²) in [6, 6.07) is 9.18. The highest BCUT2D eigenvalue weighted by atomic mass is 32.1. The van der Waals surface area contributed by atoms with Crippen LogP contribution in [0.3, 0.4) is 0 Å². The minimum absolute atomic E-state index is 0.246. The Hall–Kier alpha value is -1.23.